The molecule has 2 rings (SSSR count). The second kappa shape index (κ2) is 5.00. The summed E-state index contributed by atoms with van der Waals surface area (Å²) in [6.07, 6.45) is 2.38. The maximum Gasteiger partial charge on any atom is 0.0701 e. The van der Waals surface area contributed by atoms with Gasteiger partial charge in [-0.2, -0.15) is 0 Å². The van der Waals surface area contributed by atoms with Crippen molar-refractivity contribution in [2.45, 2.75) is 43.9 Å². The second-order valence-corrected chi connectivity index (χ2v) is 5.09. The zero-order valence-corrected chi connectivity index (χ0v) is 10.3. The van der Waals surface area contributed by atoms with E-state index in [2.05, 4.69) is 11.9 Å². The molecule has 2 aliphatic heterocycles. The number of likely N-dealkylation sites (N-methyl/N-ethyl adjacent to an activating group) is 1. The van der Waals surface area contributed by atoms with Gasteiger partial charge in [0.25, 0.3) is 0 Å². The van der Waals surface area contributed by atoms with Crippen molar-refractivity contribution >= 4 is 0 Å². The zero-order valence-electron chi connectivity index (χ0n) is 10.3. The lowest BCUT2D eigenvalue weighted by atomic mass is 9.80. The van der Waals surface area contributed by atoms with Crippen LogP contribution in [0.3, 0.4) is 0 Å². The first-order valence-electron chi connectivity index (χ1n) is 6.24. The quantitative estimate of drug-likeness (QED) is 0.718. The number of rotatable bonds is 4. The highest BCUT2D eigenvalue weighted by atomic mass is 16.5. The fourth-order valence-electron chi connectivity index (χ4n) is 2.85. The first-order chi connectivity index (χ1) is 7.64. The van der Waals surface area contributed by atoms with Crippen molar-refractivity contribution < 1.29 is 14.6 Å². The largest absolute Gasteiger partial charge is 0.390 e. The highest BCUT2D eigenvalue weighted by Gasteiger charge is 2.44. The van der Waals surface area contributed by atoms with Gasteiger partial charge in [0.2, 0.25) is 0 Å². The Bertz CT molecular complexity index is 220. The SMILES string of the molecule is CCOCCC1(O)CC2COCC(C1)N2C. The molecule has 4 heteroatoms. The van der Waals surface area contributed by atoms with Gasteiger partial charge in [-0.15, -0.1) is 0 Å². The Hall–Kier alpha value is -0.160. The molecule has 2 aliphatic rings. The molecule has 4 nitrogen and oxygen atoms in total. The monoisotopic (exact) mass is 229 g/mol. The Labute approximate surface area is 97.5 Å². The molecule has 16 heavy (non-hydrogen) atoms. The normalized spacial score (nSPS) is 39.9. The Kier molecular flexibility index (Phi) is 3.85. The average molecular weight is 229 g/mol. The van der Waals surface area contributed by atoms with Crippen LogP contribution in [0.1, 0.15) is 26.2 Å². The van der Waals surface area contributed by atoms with Crippen molar-refractivity contribution in [1.82, 2.24) is 4.90 Å². The second-order valence-electron chi connectivity index (χ2n) is 5.09. The molecule has 0 aromatic carbocycles. The van der Waals surface area contributed by atoms with E-state index in [9.17, 15) is 5.11 Å². The van der Waals surface area contributed by atoms with Crippen LogP contribution in [-0.2, 0) is 9.47 Å². The standard InChI is InChI=1S/C12H23NO3/c1-3-15-5-4-12(14)6-10-8-16-9-11(7-12)13(10)2/h10-11,14H,3-9H2,1-2H3. The Morgan fingerprint density at radius 1 is 1.38 bits per heavy atom. The molecule has 2 bridgehead atoms. The minimum Gasteiger partial charge on any atom is -0.390 e. The van der Waals surface area contributed by atoms with Crippen LogP contribution in [0.4, 0.5) is 0 Å². The molecular weight excluding hydrogens is 206 g/mol. The summed E-state index contributed by atoms with van der Waals surface area (Å²) in [5.41, 5.74) is -0.541. The van der Waals surface area contributed by atoms with E-state index in [-0.39, 0.29) is 0 Å². The predicted octanol–water partition coefficient (Wildman–Crippen LogP) is 0.637. The molecule has 0 radical (unpaired) electrons. The van der Waals surface area contributed by atoms with E-state index in [1.54, 1.807) is 0 Å². The van der Waals surface area contributed by atoms with Gasteiger partial charge >= 0.3 is 0 Å². The van der Waals surface area contributed by atoms with Crippen LogP contribution in [0.2, 0.25) is 0 Å². The van der Waals surface area contributed by atoms with Gasteiger partial charge in [-0.1, -0.05) is 0 Å². The number of ether oxygens (including phenoxy) is 2. The van der Waals surface area contributed by atoms with Gasteiger partial charge < -0.3 is 14.6 Å². The summed E-state index contributed by atoms with van der Waals surface area (Å²) >= 11 is 0. The van der Waals surface area contributed by atoms with Crippen molar-refractivity contribution in [3.05, 3.63) is 0 Å². The smallest absolute Gasteiger partial charge is 0.0701 e. The van der Waals surface area contributed by atoms with E-state index in [4.69, 9.17) is 9.47 Å². The van der Waals surface area contributed by atoms with Crippen LogP contribution in [0.15, 0.2) is 0 Å². The van der Waals surface area contributed by atoms with Gasteiger partial charge in [-0.05, 0) is 33.2 Å². The van der Waals surface area contributed by atoms with Crippen LogP contribution >= 0.6 is 0 Å². The number of piperidine rings is 1. The van der Waals surface area contributed by atoms with E-state index in [1.165, 1.54) is 0 Å². The van der Waals surface area contributed by atoms with Gasteiger partial charge in [0.15, 0.2) is 0 Å². The first kappa shape index (κ1) is 12.3. The molecule has 2 unspecified atom stereocenters. The fourth-order valence-corrected chi connectivity index (χ4v) is 2.85. The van der Waals surface area contributed by atoms with Crippen LogP contribution in [0, 0.1) is 0 Å². The maximum absolute atomic E-state index is 10.6. The lowest BCUT2D eigenvalue weighted by molar-refractivity contribution is -0.141. The number of nitrogens with zero attached hydrogens (tertiary/aromatic N) is 1. The summed E-state index contributed by atoms with van der Waals surface area (Å²) in [7, 11) is 2.14. The molecule has 2 fully saturated rings. The van der Waals surface area contributed by atoms with E-state index in [0.717, 1.165) is 39.1 Å². The third-order valence-electron chi connectivity index (χ3n) is 3.92. The molecule has 0 amide bonds. The van der Waals surface area contributed by atoms with E-state index >= 15 is 0 Å². The summed E-state index contributed by atoms with van der Waals surface area (Å²) in [5, 5.41) is 10.6. The van der Waals surface area contributed by atoms with Gasteiger partial charge in [0.1, 0.15) is 0 Å². The highest BCUT2D eigenvalue weighted by molar-refractivity contribution is 4.97. The molecule has 0 aromatic rings. The topological polar surface area (TPSA) is 41.9 Å². The molecular formula is C12H23NO3. The third-order valence-corrected chi connectivity index (χ3v) is 3.92. The molecule has 94 valence electrons. The van der Waals surface area contributed by atoms with Crippen molar-refractivity contribution in [2.75, 3.05) is 33.5 Å². The van der Waals surface area contributed by atoms with Crippen molar-refractivity contribution in [3.63, 3.8) is 0 Å². The summed E-state index contributed by atoms with van der Waals surface area (Å²) in [6.45, 7) is 4.89. The van der Waals surface area contributed by atoms with Gasteiger partial charge in [-0.25, -0.2) is 0 Å². The van der Waals surface area contributed by atoms with Crippen molar-refractivity contribution in [2.24, 2.45) is 0 Å². The Morgan fingerprint density at radius 3 is 2.56 bits per heavy atom. The maximum atomic E-state index is 10.6. The number of hydrogen-bond donors (Lipinski definition) is 1. The molecule has 0 aromatic heterocycles. The lowest BCUT2D eigenvalue weighted by Crippen LogP contribution is -2.60. The average Bonchev–Trinajstić information content (AvgIpc) is 2.21. The number of fused-ring (bicyclic) bond motifs is 2. The van der Waals surface area contributed by atoms with E-state index < -0.39 is 5.60 Å². The van der Waals surface area contributed by atoms with Crippen LogP contribution in [0.25, 0.3) is 0 Å². The summed E-state index contributed by atoms with van der Waals surface area (Å²) in [5.74, 6) is 0. The molecule has 2 atom stereocenters. The highest BCUT2D eigenvalue weighted by Crippen LogP contribution is 2.35. The zero-order chi connectivity index (χ0) is 11.6. The minimum atomic E-state index is -0.541. The fraction of sp³-hybridized carbons (Fsp3) is 1.00. The summed E-state index contributed by atoms with van der Waals surface area (Å²) in [6, 6.07) is 0.748. The van der Waals surface area contributed by atoms with E-state index in [0.29, 0.717) is 18.7 Å². The van der Waals surface area contributed by atoms with E-state index in [1.807, 2.05) is 6.92 Å². The Morgan fingerprint density at radius 2 is 2.00 bits per heavy atom. The number of aliphatic hydroxyl groups is 1. The summed E-state index contributed by atoms with van der Waals surface area (Å²) < 4.78 is 10.9. The minimum absolute atomic E-state index is 0.374. The lowest BCUT2D eigenvalue weighted by Gasteiger charge is -2.50. The first-order valence-corrected chi connectivity index (χ1v) is 6.24. The number of hydrogen-bond acceptors (Lipinski definition) is 4. The third kappa shape index (κ3) is 2.56. The molecule has 1 N–H and O–H groups in total. The molecule has 2 heterocycles. The molecule has 0 aliphatic carbocycles. The predicted molar refractivity (Wildman–Crippen MR) is 61.5 cm³/mol. The van der Waals surface area contributed by atoms with Crippen LogP contribution < -0.4 is 0 Å². The van der Waals surface area contributed by atoms with Crippen molar-refractivity contribution in [1.29, 1.82) is 0 Å². The molecule has 2 saturated heterocycles. The van der Waals surface area contributed by atoms with Gasteiger partial charge in [0.05, 0.1) is 18.8 Å². The molecule has 0 spiro atoms. The van der Waals surface area contributed by atoms with Crippen molar-refractivity contribution in [3.8, 4) is 0 Å². The summed E-state index contributed by atoms with van der Waals surface area (Å²) in [4.78, 5) is 2.36. The van der Waals surface area contributed by atoms with Gasteiger partial charge in [-0.3, -0.25) is 4.90 Å². The Balaban J connectivity index is 1.92. The number of morpholine rings is 1. The molecule has 0 saturated carbocycles. The van der Waals surface area contributed by atoms with Gasteiger partial charge in [0, 0.05) is 25.3 Å². The van der Waals surface area contributed by atoms with Crippen LogP contribution in [0.5, 0.6) is 0 Å². The van der Waals surface area contributed by atoms with Crippen LogP contribution in [-0.4, -0.2) is 61.2 Å².